The average Bonchev–Trinajstić information content (AvgIpc) is 3.16. The third kappa shape index (κ3) is 1.66. The second kappa shape index (κ2) is 4.58. The van der Waals surface area contributed by atoms with Crippen LogP contribution in [0.15, 0.2) is 85.2 Å². The summed E-state index contributed by atoms with van der Waals surface area (Å²) in [5, 5.41) is 7.58. The van der Waals surface area contributed by atoms with Gasteiger partial charge in [0.2, 0.25) is 0 Å². The molecule has 6 aromatic rings. The van der Waals surface area contributed by atoms with Crippen LogP contribution in [0.3, 0.4) is 0 Å². The molecule has 0 unspecified atom stereocenters. The molecule has 0 amide bonds. The fourth-order valence-corrected chi connectivity index (χ4v) is 4.08. The number of nitrogens with zero attached hydrogens (tertiary/aromatic N) is 2. The summed E-state index contributed by atoms with van der Waals surface area (Å²) in [6.45, 7) is 0. The Labute approximate surface area is 143 Å². The lowest BCUT2D eigenvalue weighted by Gasteiger charge is -2.12. The minimum Gasteiger partial charge on any atom is -0.314 e. The second-order valence-corrected chi connectivity index (χ2v) is 6.54. The van der Waals surface area contributed by atoms with Gasteiger partial charge in [0.15, 0.2) is 0 Å². The molecule has 0 fully saturated rings. The number of benzene rings is 3. The number of hydrogen-bond donors (Lipinski definition) is 0. The Bertz CT molecular complexity index is 1440. The maximum atomic E-state index is 4.68. The fourth-order valence-electron chi connectivity index (χ4n) is 4.08. The zero-order valence-electron chi connectivity index (χ0n) is 13.5. The monoisotopic (exact) mass is 318 g/mol. The molecule has 0 aliphatic heterocycles. The van der Waals surface area contributed by atoms with Crippen molar-refractivity contribution in [2.24, 2.45) is 0 Å². The number of aromatic nitrogens is 2. The normalized spacial score (nSPS) is 12.0. The van der Waals surface area contributed by atoms with Gasteiger partial charge in [-0.15, -0.1) is 0 Å². The third-order valence-electron chi connectivity index (χ3n) is 5.19. The van der Waals surface area contributed by atoms with E-state index in [2.05, 4.69) is 82.3 Å². The van der Waals surface area contributed by atoms with Crippen LogP contribution >= 0.6 is 0 Å². The summed E-state index contributed by atoms with van der Waals surface area (Å²) >= 11 is 0. The van der Waals surface area contributed by atoms with Crippen molar-refractivity contribution in [1.29, 1.82) is 0 Å². The van der Waals surface area contributed by atoms with Crippen LogP contribution in [0.1, 0.15) is 0 Å². The molecule has 3 heterocycles. The van der Waals surface area contributed by atoms with Gasteiger partial charge < -0.3 is 4.40 Å². The Hall–Kier alpha value is -3.39. The molecule has 0 atom stereocenters. The lowest BCUT2D eigenvalue weighted by Crippen LogP contribution is -1.92. The first-order chi connectivity index (χ1) is 12.4. The predicted molar refractivity (Wildman–Crippen MR) is 105 cm³/mol. The molecule has 3 aromatic heterocycles. The molecule has 0 bridgehead atoms. The van der Waals surface area contributed by atoms with E-state index in [1.807, 2.05) is 12.3 Å². The van der Waals surface area contributed by atoms with Crippen LogP contribution in [-0.4, -0.2) is 9.38 Å². The maximum Gasteiger partial charge on any atom is 0.0949 e. The van der Waals surface area contributed by atoms with E-state index in [-0.39, 0.29) is 0 Å². The quantitative estimate of drug-likeness (QED) is 0.250. The van der Waals surface area contributed by atoms with Crippen molar-refractivity contribution in [3.05, 3.63) is 85.2 Å². The zero-order chi connectivity index (χ0) is 16.4. The standard InChI is InChI=1S/C23H14N2/c1-2-6-16-14-19-17(13-15(16)5-1)9-10-20-22(19)18-7-3-11-24-23(18)21-8-4-12-25(20)21/h1-14H. The van der Waals surface area contributed by atoms with E-state index in [1.54, 1.807) is 0 Å². The van der Waals surface area contributed by atoms with Crippen LogP contribution in [0, 0.1) is 0 Å². The third-order valence-corrected chi connectivity index (χ3v) is 5.19. The Morgan fingerprint density at radius 3 is 2.44 bits per heavy atom. The van der Waals surface area contributed by atoms with Gasteiger partial charge in [-0.05, 0) is 57.9 Å². The van der Waals surface area contributed by atoms with E-state index in [0.717, 1.165) is 11.0 Å². The van der Waals surface area contributed by atoms with Gasteiger partial charge in [-0.3, -0.25) is 4.98 Å². The van der Waals surface area contributed by atoms with Crippen molar-refractivity contribution in [1.82, 2.24) is 9.38 Å². The zero-order valence-corrected chi connectivity index (χ0v) is 13.5. The van der Waals surface area contributed by atoms with Crippen molar-refractivity contribution >= 4 is 48.9 Å². The summed E-state index contributed by atoms with van der Waals surface area (Å²) < 4.78 is 2.25. The molecule has 6 rings (SSSR count). The van der Waals surface area contributed by atoms with Gasteiger partial charge in [-0.1, -0.05) is 36.4 Å². The number of fused-ring (bicyclic) bond motifs is 9. The van der Waals surface area contributed by atoms with Gasteiger partial charge in [0.25, 0.3) is 0 Å². The molecule has 116 valence electrons. The lowest BCUT2D eigenvalue weighted by atomic mass is 9.98. The topological polar surface area (TPSA) is 17.3 Å². The highest BCUT2D eigenvalue weighted by Gasteiger charge is 2.12. The molecular formula is C23H14N2. The Morgan fingerprint density at radius 1 is 0.640 bits per heavy atom. The predicted octanol–water partition coefficient (Wildman–Crippen LogP) is 5.95. The molecule has 0 aliphatic carbocycles. The van der Waals surface area contributed by atoms with Crippen molar-refractivity contribution in [3.63, 3.8) is 0 Å². The van der Waals surface area contributed by atoms with Crippen LogP contribution in [0.25, 0.3) is 48.9 Å². The summed E-state index contributed by atoms with van der Waals surface area (Å²) in [5.41, 5.74) is 3.44. The lowest BCUT2D eigenvalue weighted by molar-refractivity contribution is 1.27. The van der Waals surface area contributed by atoms with E-state index in [9.17, 15) is 0 Å². The number of rotatable bonds is 0. The van der Waals surface area contributed by atoms with Crippen LogP contribution in [0.5, 0.6) is 0 Å². The van der Waals surface area contributed by atoms with Gasteiger partial charge in [0.1, 0.15) is 0 Å². The first-order valence-corrected chi connectivity index (χ1v) is 8.49. The Balaban J connectivity index is 1.98. The molecule has 0 saturated carbocycles. The van der Waals surface area contributed by atoms with Crippen LogP contribution in [0.4, 0.5) is 0 Å². The van der Waals surface area contributed by atoms with Gasteiger partial charge in [-0.2, -0.15) is 0 Å². The van der Waals surface area contributed by atoms with E-state index >= 15 is 0 Å². The summed E-state index contributed by atoms with van der Waals surface area (Å²) in [6.07, 6.45) is 4.00. The highest BCUT2D eigenvalue weighted by Crippen LogP contribution is 2.35. The van der Waals surface area contributed by atoms with Crippen molar-refractivity contribution in [3.8, 4) is 0 Å². The Morgan fingerprint density at radius 2 is 1.52 bits per heavy atom. The first kappa shape index (κ1) is 13.0. The summed E-state index contributed by atoms with van der Waals surface area (Å²) in [7, 11) is 0. The van der Waals surface area contributed by atoms with Gasteiger partial charge in [0.05, 0.1) is 16.6 Å². The van der Waals surface area contributed by atoms with Crippen LogP contribution in [0.2, 0.25) is 0 Å². The average molecular weight is 318 g/mol. The largest absolute Gasteiger partial charge is 0.314 e. The molecular weight excluding hydrogens is 304 g/mol. The summed E-state index contributed by atoms with van der Waals surface area (Å²) in [5.74, 6) is 0. The van der Waals surface area contributed by atoms with E-state index < -0.39 is 0 Å². The highest BCUT2D eigenvalue weighted by atomic mass is 14.9. The molecule has 0 radical (unpaired) electrons. The molecule has 0 saturated heterocycles. The van der Waals surface area contributed by atoms with Crippen molar-refractivity contribution in [2.75, 3.05) is 0 Å². The molecule has 2 nitrogen and oxygen atoms in total. The smallest absolute Gasteiger partial charge is 0.0949 e. The van der Waals surface area contributed by atoms with Crippen LogP contribution < -0.4 is 0 Å². The van der Waals surface area contributed by atoms with E-state index in [1.165, 1.54) is 37.8 Å². The van der Waals surface area contributed by atoms with Crippen LogP contribution in [-0.2, 0) is 0 Å². The second-order valence-electron chi connectivity index (χ2n) is 6.54. The Kier molecular flexibility index (Phi) is 2.37. The van der Waals surface area contributed by atoms with E-state index in [4.69, 9.17) is 0 Å². The fraction of sp³-hybridized carbons (Fsp3) is 0. The minimum absolute atomic E-state index is 1.06. The molecule has 0 aliphatic rings. The highest BCUT2D eigenvalue weighted by molar-refractivity contribution is 6.23. The van der Waals surface area contributed by atoms with Gasteiger partial charge >= 0.3 is 0 Å². The van der Waals surface area contributed by atoms with Gasteiger partial charge in [0, 0.05) is 23.2 Å². The van der Waals surface area contributed by atoms with Crippen molar-refractivity contribution in [2.45, 2.75) is 0 Å². The maximum absolute atomic E-state index is 4.68. The SMILES string of the molecule is c1ccc2cc3c(ccc4c3c3cccnc3c3cccn34)cc2c1. The van der Waals surface area contributed by atoms with Gasteiger partial charge in [-0.25, -0.2) is 0 Å². The number of pyridine rings is 2. The molecule has 2 heteroatoms. The molecule has 0 N–H and O–H groups in total. The van der Waals surface area contributed by atoms with E-state index in [0.29, 0.717) is 0 Å². The van der Waals surface area contributed by atoms with Crippen molar-refractivity contribution < 1.29 is 0 Å². The summed E-state index contributed by atoms with van der Waals surface area (Å²) in [6, 6.07) is 26.1. The first-order valence-electron chi connectivity index (χ1n) is 8.49. The molecule has 25 heavy (non-hydrogen) atoms. The molecule has 0 spiro atoms. The molecule has 3 aromatic carbocycles. The number of hydrogen-bond acceptors (Lipinski definition) is 1. The summed E-state index contributed by atoms with van der Waals surface area (Å²) in [4.78, 5) is 4.68. The minimum atomic E-state index is 1.06.